The molecule has 2 unspecified atom stereocenters. The molecule has 1 aromatic heterocycles. The number of rotatable bonds is 2. The Hall–Kier alpha value is -2.20. The van der Waals surface area contributed by atoms with Crippen molar-refractivity contribution in [2.45, 2.75) is 12.2 Å². The van der Waals surface area contributed by atoms with Crippen molar-refractivity contribution < 1.29 is 0 Å². The third-order valence-corrected chi connectivity index (χ3v) is 3.36. The first-order chi connectivity index (χ1) is 8.93. The molecule has 1 aliphatic rings. The molecule has 0 radical (unpaired) electrons. The molecule has 4 heteroatoms. The molecule has 1 fully saturated rings. The summed E-state index contributed by atoms with van der Waals surface area (Å²) in [5.41, 5.74) is 3.31. The van der Waals surface area contributed by atoms with Gasteiger partial charge in [0.15, 0.2) is 0 Å². The lowest BCUT2D eigenvalue weighted by Gasteiger charge is -1.99. The maximum absolute atomic E-state index is 4.24. The van der Waals surface area contributed by atoms with Crippen LogP contribution in [0.2, 0.25) is 0 Å². The van der Waals surface area contributed by atoms with Crippen LogP contribution in [0.5, 0.6) is 0 Å². The van der Waals surface area contributed by atoms with Crippen molar-refractivity contribution in [3.05, 3.63) is 60.2 Å². The highest BCUT2D eigenvalue weighted by molar-refractivity contribution is 5.74. The van der Waals surface area contributed by atoms with Crippen molar-refractivity contribution in [2.24, 2.45) is 0 Å². The molecule has 0 saturated carbocycles. The van der Waals surface area contributed by atoms with Gasteiger partial charge in [0.05, 0.1) is 11.6 Å². The molecule has 1 saturated heterocycles. The lowest BCUT2D eigenvalue weighted by atomic mass is 10.1. The summed E-state index contributed by atoms with van der Waals surface area (Å²) < 4.78 is 1.97. The first-order valence-corrected chi connectivity index (χ1v) is 6.04. The van der Waals surface area contributed by atoms with Crippen LogP contribution in [-0.4, -0.2) is 15.0 Å². The summed E-state index contributed by atoms with van der Waals surface area (Å²) in [6.07, 6.45) is 0.222. The van der Waals surface area contributed by atoms with Gasteiger partial charge in [-0.1, -0.05) is 47.7 Å². The van der Waals surface area contributed by atoms with Crippen molar-refractivity contribution in [1.29, 1.82) is 0 Å². The fourth-order valence-corrected chi connectivity index (χ4v) is 2.37. The molecule has 18 heavy (non-hydrogen) atoms. The first kappa shape index (κ1) is 9.79. The number of aromatic nitrogens is 3. The molecule has 0 amide bonds. The molecule has 1 aliphatic heterocycles. The van der Waals surface area contributed by atoms with E-state index in [9.17, 15) is 0 Å². The molecule has 4 rings (SSSR count). The van der Waals surface area contributed by atoms with Gasteiger partial charge in [-0.25, -0.2) is 4.68 Å². The lowest BCUT2D eigenvalue weighted by Crippen LogP contribution is -2.00. The fourth-order valence-electron chi connectivity index (χ4n) is 2.37. The molecule has 3 aromatic rings. The molecule has 0 aliphatic carbocycles. The van der Waals surface area contributed by atoms with E-state index in [0.29, 0.717) is 6.04 Å². The normalized spacial score (nSPS) is 22.2. The van der Waals surface area contributed by atoms with Crippen LogP contribution in [0.3, 0.4) is 0 Å². The molecule has 0 bridgehead atoms. The number of nitrogens with one attached hydrogen (secondary N) is 1. The maximum Gasteiger partial charge on any atom is 0.124 e. The molecule has 0 spiro atoms. The van der Waals surface area contributed by atoms with E-state index in [4.69, 9.17) is 0 Å². The molecule has 2 heterocycles. The van der Waals surface area contributed by atoms with Crippen LogP contribution in [0, 0.1) is 0 Å². The highest BCUT2D eigenvalue weighted by atomic mass is 15.5. The van der Waals surface area contributed by atoms with E-state index < -0.39 is 0 Å². The minimum absolute atomic E-state index is 0.222. The van der Waals surface area contributed by atoms with Crippen LogP contribution in [0.25, 0.3) is 11.0 Å². The minimum Gasteiger partial charge on any atom is -0.284 e. The van der Waals surface area contributed by atoms with E-state index in [2.05, 4.69) is 46.0 Å². The van der Waals surface area contributed by atoms with Gasteiger partial charge in [0.2, 0.25) is 0 Å². The number of benzene rings is 2. The molecule has 4 nitrogen and oxygen atoms in total. The lowest BCUT2D eigenvalue weighted by molar-refractivity contribution is 0.606. The zero-order valence-corrected chi connectivity index (χ0v) is 9.69. The Balaban J connectivity index is 1.70. The van der Waals surface area contributed by atoms with Gasteiger partial charge < -0.3 is 0 Å². The van der Waals surface area contributed by atoms with Gasteiger partial charge in [0.25, 0.3) is 0 Å². The highest BCUT2D eigenvalue weighted by Gasteiger charge is 2.40. The molecular weight excluding hydrogens is 224 g/mol. The monoisotopic (exact) mass is 236 g/mol. The predicted octanol–water partition coefficient (Wildman–Crippen LogP) is 2.27. The molecule has 2 atom stereocenters. The van der Waals surface area contributed by atoms with Crippen molar-refractivity contribution in [2.75, 3.05) is 0 Å². The fraction of sp³-hybridized carbons (Fsp3) is 0.143. The van der Waals surface area contributed by atoms with Crippen molar-refractivity contribution in [1.82, 2.24) is 20.3 Å². The Kier molecular flexibility index (Phi) is 1.98. The Morgan fingerprint density at radius 3 is 2.61 bits per heavy atom. The minimum atomic E-state index is 0.222. The summed E-state index contributed by atoms with van der Waals surface area (Å²) in [6.45, 7) is 0. The SMILES string of the molecule is c1ccc(C2NC2n2nnc3ccccc32)cc1. The van der Waals surface area contributed by atoms with E-state index in [-0.39, 0.29) is 6.17 Å². The van der Waals surface area contributed by atoms with Crippen molar-refractivity contribution in [3.8, 4) is 0 Å². The van der Waals surface area contributed by atoms with Crippen molar-refractivity contribution >= 4 is 11.0 Å². The van der Waals surface area contributed by atoms with Gasteiger partial charge in [0.1, 0.15) is 11.7 Å². The zero-order valence-electron chi connectivity index (χ0n) is 9.69. The number of nitrogens with zero attached hydrogens (tertiary/aromatic N) is 3. The summed E-state index contributed by atoms with van der Waals surface area (Å²) in [5.74, 6) is 0. The Morgan fingerprint density at radius 1 is 0.944 bits per heavy atom. The molecule has 1 N–H and O–H groups in total. The second-order valence-electron chi connectivity index (χ2n) is 4.52. The average Bonchev–Trinajstić information content (AvgIpc) is 3.12. The van der Waals surface area contributed by atoms with Crippen LogP contribution in [0.15, 0.2) is 54.6 Å². The quantitative estimate of drug-likeness (QED) is 0.694. The van der Waals surface area contributed by atoms with Crippen LogP contribution >= 0.6 is 0 Å². The molecule has 2 aromatic carbocycles. The van der Waals surface area contributed by atoms with Crippen molar-refractivity contribution in [3.63, 3.8) is 0 Å². The number of hydrogen-bond donors (Lipinski definition) is 1. The second-order valence-corrected chi connectivity index (χ2v) is 4.52. The van der Waals surface area contributed by atoms with E-state index >= 15 is 0 Å². The van der Waals surface area contributed by atoms with Crippen LogP contribution in [0.1, 0.15) is 17.8 Å². The van der Waals surface area contributed by atoms with Gasteiger partial charge in [-0.2, -0.15) is 0 Å². The molecule has 88 valence electrons. The molecular formula is C14H12N4. The van der Waals surface area contributed by atoms with E-state index in [1.54, 1.807) is 0 Å². The maximum atomic E-state index is 4.24. The Labute approximate surface area is 104 Å². The zero-order chi connectivity index (χ0) is 11.9. The summed E-state index contributed by atoms with van der Waals surface area (Å²) >= 11 is 0. The third-order valence-electron chi connectivity index (χ3n) is 3.36. The second kappa shape index (κ2) is 3.65. The smallest absolute Gasteiger partial charge is 0.124 e. The standard InChI is InChI=1S/C14H12N4/c1-2-6-10(7-3-1)13-14(15-13)18-12-9-5-4-8-11(12)16-17-18/h1-9,13-15H. The first-order valence-electron chi connectivity index (χ1n) is 6.04. The topological polar surface area (TPSA) is 52.7 Å². The Bertz CT molecular complexity index is 689. The van der Waals surface area contributed by atoms with E-state index in [0.717, 1.165) is 11.0 Å². The highest BCUT2D eigenvalue weighted by Crippen LogP contribution is 2.38. The number of fused-ring (bicyclic) bond motifs is 1. The summed E-state index contributed by atoms with van der Waals surface area (Å²) in [7, 11) is 0. The van der Waals surface area contributed by atoms with E-state index in [1.807, 2.05) is 28.9 Å². The van der Waals surface area contributed by atoms with Crippen LogP contribution in [0.4, 0.5) is 0 Å². The largest absolute Gasteiger partial charge is 0.284 e. The summed E-state index contributed by atoms with van der Waals surface area (Å²) in [6, 6.07) is 18.8. The van der Waals surface area contributed by atoms with Crippen LogP contribution in [-0.2, 0) is 0 Å². The van der Waals surface area contributed by atoms with Gasteiger partial charge in [0, 0.05) is 0 Å². The third kappa shape index (κ3) is 1.43. The van der Waals surface area contributed by atoms with Gasteiger partial charge in [-0.15, -0.1) is 5.10 Å². The van der Waals surface area contributed by atoms with Gasteiger partial charge in [-0.3, -0.25) is 5.32 Å². The van der Waals surface area contributed by atoms with Crippen LogP contribution < -0.4 is 5.32 Å². The number of hydrogen-bond acceptors (Lipinski definition) is 3. The van der Waals surface area contributed by atoms with Gasteiger partial charge in [-0.05, 0) is 17.7 Å². The average molecular weight is 236 g/mol. The number of para-hydroxylation sites is 1. The van der Waals surface area contributed by atoms with Gasteiger partial charge >= 0.3 is 0 Å². The van der Waals surface area contributed by atoms with E-state index in [1.165, 1.54) is 5.56 Å². The summed E-state index contributed by atoms with van der Waals surface area (Å²) in [4.78, 5) is 0. The predicted molar refractivity (Wildman–Crippen MR) is 68.9 cm³/mol. The Morgan fingerprint density at radius 2 is 1.72 bits per heavy atom. The summed E-state index contributed by atoms with van der Waals surface area (Å²) in [5, 5.41) is 11.9.